The van der Waals surface area contributed by atoms with Gasteiger partial charge in [0, 0.05) is 0 Å². The summed E-state index contributed by atoms with van der Waals surface area (Å²) >= 11 is 1.37. The van der Waals surface area contributed by atoms with E-state index in [1.807, 2.05) is 0 Å². The number of halogens is 3. The molecule has 0 unspecified atom stereocenters. The number of hydrogen-bond acceptors (Lipinski definition) is 0. The molecule has 0 rings (SSSR count). The van der Waals surface area contributed by atoms with E-state index < -0.39 is 0 Å². The first-order valence-electron chi connectivity index (χ1n) is 1.06. The summed E-state index contributed by atoms with van der Waals surface area (Å²) < 4.78 is 1.39. The molecule has 0 atom stereocenters. The van der Waals surface area contributed by atoms with Gasteiger partial charge in [-0.2, -0.15) is 0 Å². The number of rotatable bonds is 0. The second-order valence-electron chi connectivity index (χ2n) is 0.354. The van der Waals surface area contributed by atoms with Crippen molar-refractivity contribution in [3.63, 3.8) is 0 Å². The van der Waals surface area contributed by atoms with Crippen LogP contribution in [0.5, 0.6) is 0 Å². The Labute approximate surface area is 72.3 Å². The molecule has 0 nitrogen and oxygen atoms in total. The molecular weight excluding hydrogens is 309 g/mol. The van der Waals surface area contributed by atoms with E-state index in [1.165, 1.54) is 28.6 Å². The summed E-state index contributed by atoms with van der Waals surface area (Å²) in [5, 5.41) is 0. The molecule has 0 bridgehead atoms. The summed E-state index contributed by atoms with van der Waals surface area (Å²) in [6, 6.07) is 0. The van der Waals surface area contributed by atoms with Crippen LogP contribution in [0.15, 0.2) is 0 Å². The molecule has 0 aliphatic carbocycles. The van der Waals surface area contributed by atoms with Gasteiger partial charge in [-0.1, -0.05) is 0 Å². The molecule has 0 aromatic heterocycles. The van der Waals surface area contributed by atoms with Crippen molar-refractivity contribution in [3.05, 3.63) is 0 Å². The molecule has 0 amide bonds. The van der Waals surface area contributed by atoms with Gasteiger partial charge in [0.15, 0.2) is 0 Å². The second kappa shape index (κ2) is 29.6. The first-order valence-corrected chi connectivity index (χ1v) is 3.60. The SMILES string of the molecule is C[CH2][Hf].Cl.Cl.Cl. The van der Waals surface area contributed by atoms with Gasteiger partial charge in [-0.15, -0.1) is 37.2 Å². The molecule has 0 saturated carbocycles. The average Bonchev–Trinajstić information content (AvgIpc) is 0.918. The maximum Gasteiger partial charge on any atom is -0.147 e. The maximum atomic E-state index is 2.19. The molecule has 4 heteroatoms. The Morgan fingerprint density at radius 1 is 1.17 bits per heavy atom. The van der Waals surface area contributed by atoms with Crippen molar-refractivity contribution < 1.29 is 24.4 Å². The molecule has 0 aromatic carbocycles. The summed E-state index contributed by atoms with van der Waals surface area (Å²) in [5.41, 5.74) is 0. The zero-order chi connectivity index (χ0) is 2.71. The maximum absolute atomic E-state index is 2.19. The minimum atomic E-state index is 0. The summed E-state index contributed by atoms with van der Waals surface area (Å²) in [5.74, 6) is 0. The van der Waals surface area contributed by atoms with E-state index in [0.717, 1.165) is 0 Å². The van der Waals surface area contributed by atoms with Gasteiger partial charge in [-0.05, 0) is 0 Å². The molecule has 41 valence electrons. The predicted octanol–water partition coefficient (Wildman–Crippen LogP) is 2.24. The molecule has 0 aromatic rings. The van der Waals surface area contributed by atoms with E-state index in [0.29, 0.717) is 0 Å². The Morgan fingerprint density at radius 2 is 1.17 bits per heavy atom. The third-order valence-electron chi connectivity index (χ3n) is 0. The Bertz CT molecular complexity index is 8.75. The topological polar surface area (TPSA) is 0 Å². The van der Waals surface area contributed by atoms with Crippen LogP contribution >= 0.6 is 37.2 Å². The van der Waals surface area contributed by atoms with Crippen molar-refractivity contribution in [2.75, 3.05) is 0 Å². The van der Waals surface area contributed by atoms with Gasteiger partial charge < -0.3 is 0 Å². The fraction of sp³-hybridized carbons (Fsp3) is 1.00. The van der Waals surface area contributed by atoms with Crippen molar-refractivity contribution in [1.29, 1.82) is 0 Å². The van der Waals surface area contributed by atoms with Crippen LogP contribution in [0.4, 0.5) is 0 Å². The summed E-state index contributed by atoms with van der Waals surface area (Å²) in [6.45, 7) is 2.19. The summed E-state index contributed by atoms with van der Waals surface area (Å²) in [4.78, 5) is 0. The Balaban J connectivity index is -0.00000000667. The minimum absolute atomic E-state index is 0. The van der Waals surface area contributed by atoms with Crippen LogP contribution in [0, 0.1) is 0 Å². The van der Waals surface area contributed by atoms with Crippen molar-refractivity contribution in [1.82, 2.24) is 0 Å². The van der Waals surface area contributed by atoms with Crippen LogP contribution in [0.2, 0.25) is 4.18 Å². The van der Waals surface area contributed by atoms with Crippen molar-refractivity contribution >= 4 is 37.2 Å². The quantitative estimate of drug-likeness (QED) is 0.601. The molecule has 0 fully saturated rings. The van der Waals surface area contributed by atoms with Gasteiger partial charge in [0.2, 0.25) is 0 Å². The predicted molar refractivity (Wildman–Crippen MR) is 32.2 cm³/mol. The zero-order valence-corrected chi connectivity index (χ0v) is 9.47. The Kier molecular flexibility index (Phi) is 124. The van der Waals surface area contributed by atoms with Crippen LogP contribution < -0.4 is 0 Å². The normalized spacial score (nSPS) is 2.67. The third-order valence-corrected chi connectivity index (χ3v) is 0. The molecule has 0 saturated heterocycles. The third kappa shape index (κ3) is 42.6. The first kappa shape index (κ1) is 25.1. The smallest absolute Gasteiger partial charge is 0.147 e. The monoisotopic (exact) mass is 317 g/mol. The van der Waals surface area contributed by atoms with E-state index in [4.69, 9.17) is 0 Å². The van der Waals surface area contributed by atoms with Crippen LogP contribution in [0.3, 0.4) is 0 Å². The Morgan fingerprint density at radius 3 is 1.17 bits per heavy atom. The van der Waals surface area contributed by atoms with Crippen LogP contribution in [0.25, 0.3) is 0 Å². The largest absolute Gasteiger partial charge is 0.147 e. The fourth-order valence-corrected chi connectivity index (χ4v) is 0. The Hall–Kier alpha value is 1.74. The van der Waals surface area contributed by atoms with Gasteiger partial charge in [0.25, 0.3) is 0 Å². The first-order chi connectivity index (χ1) is 1.41. The van der Waals surface area contributed by atoms with Gasteiger partial charge in [0.1, 0.15) is 0 Å². The van der Waals surface area contributed by atoms with Gasteiger partial charge in [0.05, 0.1) is 0 Å². The molecule has 0 aliphatic rings. The number of hydrogen-bond donors (Lipinski definition) is 0. The van der Waals surface area contributed by atoms with Crippen molar-refractivity contribution in [2.45, 2.75) is 11.1 Å². The molecule has 0 aliphatic heterocycles. The minimum Gasteiger partial charge on any atom is -0.147 e. The summed E-state index contributed by atoms with van der Waals surface area (Å²) in [7, 11) is 0. The van der Waals surface area contributed by atoms with E-state index in [2.05, 4.69) is 6.92 Å². The van der Waals surface area contributed by atoms with Crippen LogP contribution in [-0.2, 0) is 24.4 Å². The van der Waals surface area contributed by atoms with Crippen LogP contribution in [0.1, 0.15) is 6.92 Å². The van der Waals surface area contributed by atoms with E-state index in [9.17, 15) is 0 Å². The van der Waals surface area contributed by atoms with E-state index >= 15 is 0 Å². The molecule has 0 spiro atoms. The molecule has 0 heterocycles. The molecule has 6 heavy (non-hydrogen) atoms. The van der Waals surface area contributed by atoms with Gasteiger partial charge in [-0.25, -0.2) is 0 Å². The van der Waals surface area contributed by atoms with E-state index in [1.54, 1.807) is 0 Å². The van der Waals surface area contributed by atoms with Gasteiger partial charge in [-0.3, -0.25) is 0 Å². The van der Waals surface area contributed by atoms with Crippen LogP contribution in [-0.4, -0.2) is 0 Å². The van der Waals surface area contributed by atoms with Crippen molar-refractivity contribution in [3.8, 4) is 0 Å². The second-order valence-corrected chi connectivity index (χ2v) is 2.89. The standard InChI is InChI=1S/C2H5.3ClH.Hf/c1-2;;;;/h1H2,2H3;3*1H;. The average molecular weight is 317 g/mol. The van der Waals surface area contributed by atoms with E-state index in [-0.39, 0.29) is 37.2 Å². The van der Waals surface area contributed by atoms with Gasteiger partial charge >= 0.3 is 35.5 Å². The zero-order valence-electron chi connectivity index (χ0n) is 3.43. The molecule has 0 radical (unpaired) electrons. The fourth-order valence-electron chi connectivity index (χ4n) is 0. The molecular formula is C2H8Cl3Hf. The van der Waals surface area contributed by atoms with Crippen molar-refractivity contribution in [2.24, 2.45) is 0 Å². The summed E-state index contributed by atoms with van der Waals surface area (Å²) in [6.07, 6.45) is 0. The molecule has 0 N–H and O–H groups in total.